The van der Waals surface area contributed by atoms with E-state index in [1.165, 1.54) is 12.4 Å². The van der Waals surface area contributed by atoms with Gasteiger partial charge in [0.05, 0.1) is 11.7 Å². The maximum Gasteiger partial charge on any atom is 0.229 e. The van der Waals surface area contributed by atoms with Gasteiger partial charge in [-0.25, -0.2) is 9.97 Å². The molecule has 7 heteroatoms. The zero-order valence-corrected chi connectivity index (χ0v) is 16.8. The Bertz CT molecular complexity index is 1100. The fourth-order valence-corrected chi connectivity index (χ4v) is 3.84. The van der Waals surface area contributed by atoms with Gasteiger partial charge in [0.1, 0.15) is 0 Å². The van der Waals surface area contributed by atoms with Crippen LogP contribution in [-0.4, -0.2) is 50.2 Å². The Labute approximate surface area is 175 Å². The van der Waals surface area contributed by atoms with E-state index in [0.29, 0.717) is 17.0 Å². The summed E-state index contributed by atoms with van der Waals surface area (Å²) in [6, 6.07) is 5.58. The van der Waals surface area contributed by atoms with Gasteiger partial charge in [-0.3, -0.25) is 14.8 Å². The number of aromatic nitrogens is 4. The summed E-state index contributed by atoms with van der Waals surface area (Å²) in [6.07, 6.45) is 6.36. The lowest BCUT2D eigenvalue weighted by Crippen LogP contribution is -2.39. The van der Waals surface area contributed by atoms with Crippen LogP contribution in [0, 0.1) is 11.8 Å². The number of hydrogen-bond donors (Lipinski definition) is 1. The second-order valence-corrected chi connectivity index (χ2v) is 8.10. The predicted octanol–water partition coefficient (Wildman–Crippen LogP) is 3.34. The molecule has 7 nitrogen and oxygen atoms in total. The normalized spacial score (nSPS) is 17.8. The Balaban J connectivity index is 1.46. The van der Waals surface area contributed by atoms with Crippen molar-refractivity contribution in [1.82, 2.24) is 24.6 Å². The first-order valence-corrected chi connectivity index (χ1v) is 10.0. The van der Waals surface area contributed by atoms with Gasteiger partial charge in [0.2, 0.25) is 11.9 Å². The van der Waals surface area contributed by atoms with E-state index in [9.17, 15) is 4.79 Å². The highest BCUT2D eigenvalue weighted by Crippen LogP contribution is 2.24. The maximum absolute atomic E-state index is 12.7. The van der Waals surface area contributed by atoms with Crippen LogP contribution in [0.2, 0.25) is 0 Å². The molecule has 0 unspecified atom stereocenters. The van der Waals surface area contributed by atoms with E-state index in [0.717, 1.165) is 48.1 Å². The van der Waals surface area contributed by atoms with Crippen molar-refractivity contribution in [3.63, 3.8) is 0 Å². The zero-order chi connectivity index (χ0) is 22.9. The fraction of sp³-hybridized carbons (Fsp3) is 0.455. The minimum atomic E-state index is -2.32. The van der Waals surface area contributed by atoms with E-state index in [1.54, 1.807) is 6.20 Å². The number of anilines is 1. The van der Waals surface area contributed by atoms with Crippen LogP contribution in [0.15, 0.2) is 36.8 Å². The molecule has 0 atom stereocenters. The summed E-state index contributed by atoms with van der Waals surface area (Å²) in [5.41, 5.74) is 2.14. The van der Waals surface area contributed by atoms with Gasteiger partial charge in [0.15, 0.2) is 0 Å². The number of hydrogen-bond acceptors (Lipinski definition) is 5. The molecule has 3 heterocycles. The Morgan fingerprint density at radius 1 is 1.28 bits per heavy atom. The van der Waals surface area contributed by atoms with Crippen LogP contribution in [0.5, 0.6) is 0 Å². The van der Waals surface area contributed by atoms with Gasteiger partial charge in [-0.05, 0) is 43.5 Å². The number of nitrogens with one attached hydrogen (secondary N) is 1. The summed E-state index contributed by atoms with van der Waals surface area (Å²) in [5, 5.41) is 7.64. The summed E-state index contributed by atoms with van der Waals surface area (Å²) in [6.45, 7) is 5.03. The minimum absolute atomic E-state index is 0.0326. The van der Waals surface area contributed by atoms with Gasteiger partial charge in [0, 0.05) is 46.9 Å². The Morgan fingerprint density at radius 2 is 2.10 bits per heavy atom. The number of carbonyl (C=O) groups excluding carboxylic acids is 1. The molecule has 3 aromatic rings. The molecule has 0 bridgehead atoms. The number of benzene rings is 1. The molecule has 2 aromatic heterocycles. The molecule has 4 rings (SSSR count). The molecule has 29 heavy (non-hydrogen) atoms. The molecule has 1 aliphatic rings. The van der Waals surface area contributed by atoms with Crippen molar-refractivity contribution in [3.8, 4) is 11.1 Å². The molecule has 1 saturated heterocycles. The number of carbonyl (C=O) groups is 1. The summed E-state index contributed by atoms with van der Waals surface area (Å²) in [7, 11) is 0. The van der Waals surface area contributed by atoms with Gasteiger partial charge in [0.25, 0.3) is 0 Å². The van der Waals surface area contributed by atoms with Gasteiger partial charge in [-0.2, -0.15) is 5.10 Å². The molecule has 1 amide bonds. The zero-order valence-electron chi connectivity index (χ0n) is 19.8. The second-order valence-electron chi connectivity index (χ2n) is 8.10. The van der Waals surface area contributed by atoms with Crippen LogP contribution in [0.1, 0.15) is 30.8 Å². The predicted molar refractivity (Wildman–Crippen MR) is 114 cm³/mol. The molecule has 1 aliphatic heterocycles. The van der Waals surface area contributed by atoms with Crippen LogP contribution >= 0.6 is 0 Å². The average Bonchev–Trinajstić information content (AvgIpc) is 3.24. The van der Waals surface area contributed by atoms with E-state index in [4.69, 9.17) is 4.11 Å². The third-order valence-corrected chi connectivity index (χ3v) is 5.32. The second kappa shape index (κ2) is 8.29. The third-order valence-electron chi connectivity index (χ3n) is 5.32. The van der Waals surface area contributed by atoms with Crippen molar-refractivity contribution >= 4 is 22.8 Å². The van der Waals surface area contributed by atoms with E-state index < -0.39 is 6.98 Å². The highest BCUT2D eigenvalue weighted by Gasteiger charge is 2.25. The van der Waals surface area contributed by atoms with Crippen molar-refractivity contribution < 1.29 is 8.91 Å². The van der Waals surface area contributed by atoms with Crippen molar-refractivity contribution in [2.24, 2.45) is 18.8 Å². The number of likely N-dealkylation sites (tertiary alicyclic amines) is 1. The molecular weight excluding hydrogens is 364 g/mol. The van der Waals surface area contributed by atoms with Crippen LogP contribution in [0.3, 0.4) is 0 Å². The van der Waals surface area contributed by atoms with E-state index >= 15 is 0 Å². The first-order chi connectivity index (χ1) is 15.2. The van der Waals surface area contributed by atoms with E-state index in [-0.39, 0.29) is 17.8 Å². The molecule has 0 radical (unpaired) electrons. The van der Waals surface area contributed by atoms with Crippen molar-refractivity contribution in [3.05, 3.63) is 36.8 Å². The van der Waals surface area contributed by atoms with Crippen LogP contribution in [0.4, 0.5) is 5.95 Å². The van der Waals surface area contributed by atoms with Gasteiger partial charge >= 0.3 is 0 Å². The highest BCUT2D eigenvalue weighted by molar-refractivity contribution is 5.92. The van der Waals surface area contributed by atoms with Crippen molar-refractivity contribution in [2.75, 3.05) is 25.0 Å². The lowest BCUT2D eigenvalue weighted by atomic mass is 9.95. The number of piperidine rings is 1. The molecule has 1 fully saturated rings. The number of fused-ring (bicyclic) bond motifs is 1. The molecule has 1 aromatic carbocycles. The summed E-state index contributed by atoms with van der Waals surface area (Å²) < 4.78 is 23.4. The van der Waals surface area contributed by atoms with Gasteiger partial charge in [-0.15, -0.1) is 0 Å². The SMILES string of the molecule is [2H]C([2H])([2H])n1cc(-c2ccc3cnc(NC(=O)C4CCN(CC(C)C)CC4)nc3c2)cn1. The van der Waals surface area contributed by atoms with Crippen LogP contribution in [0.25, 0.3) is 22.0 Å². The van der Waals surface area contributed by atoms with E-state index in [2.05, 4.69) is 39.1 Å². The number of nitrogens with zero attached hydrogens (tertiary/aromatic N) is 5. The number of rotatable bonds is 5. The molecule has 1 N–H and O–H groups in total. The summed E-state index contributed by atoms with van der Waals surface area (Å²) >= 11 is 0. The topological polar surface area (TPSA) is 75.9 Å². The van der Waals surface area contributed by atoms with E-state index in [1.807, 2.05) is 18.2 Å². The van der Waals surface area contributed by atoms with Crippen molar-refractivity contribution in [2.45, 2.75) is 26.7 Å². The first kappa shape index (κ1) is 16.0. The van der Waals surface area contributed by atoms with Crippen LogP contribution < -0.4 is 5.32 Å². The molecular formula is C22H28N6O. The average molecular weight is 396 g/mol. The lowest BCUT2D eigenvalue weighted by molar-refractivity contribution is -0.121. The Hall–Kier alpha value is -2.80. The number of aryl methyl sites for hydroxylation is 1. The number of amides is 1. The molecule has 0 aliphatic carbocycles. The van der Waals surface area contributed by atoms with Crippen molar-refractivity contribution in [1.29, 1.82) is 0 Å². The standard InChI is InChI=1S/C22H28N6O/c1-15(2)13-28-8-6-16(7-9-28)21(29)26-22-23-11-18-5-4-17(10-20(18)25-22)19-12-24-27(3)14-19/h4-5,10-12,14-16H,6-9,13H2,1-3H3,(H,23,25,26,29)/i3D3. The largest absolute Gasteiger partial charge is 0.303 e. The molecule has 0 spiro atoms. The van der Waals surface area contributed by atoms with Crippen LogP contribution in [-0.2, 0) is 11.8 Å². The summed E-state index contributed by atoms with van der Waals surface area (Å²) in [5.74, 6) is 0.833. The monoisotopic (exact) mass is 395 g/mol. The Kier molecular flexibility index (Phi) is 4.59. The molecule has 0 saturated carbocycles. The first-order valence-electron chi connectivity index (χ1n) is 11.5. The quantitative estimate of drug-likeness (QED) is 0.717. The lowest BCUT2D eigenvalue weighted by Gasteiger charge is -2.32. The van der Waals surface area contributed by atoms with Gasteiger partial charge in [-0.1, -0.05) is 26.0 Å². The highest BCUT2D eigenvalue weighted by atomic mass is 16.2. The molecule has 152 valence electrons. The van der Waals surface area contributed by atoms with Gasteiger partial charge < -0.3 is 4.90 Å². The Morgan fingerprint density at radius 3 is 2.83 bits per heavy atom. The third kappa shape index (κ3) is 4.62. The maximum atomic E-state index is 12.7. The minimum Gasteiger partial charge on any atom is -0.303 e. The fourth-order valence-electron chi connectivity index (χ4n) is 3.84. The smallest absolute Gasteiger partial charge is 0.229 e. The summed E-state index contributed by atoms with van der Waals surface area (Å²) in [4.78, 5) is 24.0.